The molecule has 5 aliphatic heterocycles. The van der Waals surface area contributed by atoms with Crippen LogP contribution in [-0.4, -0.2) is 108 Å². The Bertz CT molecular complexity index is 2050. The Balaban J connectivity index is 1.28. The Morgan fingerprint density at radius 1 is 0.982 bits per heavy atom. The van der Waals surface area contributed by atoms with E-state index in [1.165, 1.54) is 39.8 Å². The lowest BCUT2D eigenvalue weighted by Gasteiger charge is -2.49. The summed E-state index contributed by atoms with van der Waals surface area (Å²) < 4.78 is 12.1. The molecule has 9 atom stereocenters. The highest BCUT2D eigenvalue weighted by molar-refractivity contribution is 8.77. The highest BCUT2D eigenvalue weighted by Crippen LogP contribution is 2.58. The molecule has 1 saturated heterocycles. The summed E-state index contributed by atoms with van der Waals surface area (Å²) in [6, 6.07) is 11.8. The van der Waals surface area contributed by atoms with Crippen LogP contribution in [0.5, 0.6) is 5.75 Å². The first-order chi connectivity index (χ1) is 27.5. The Labute approximate surface area is 337 Å². The number of benzene rings is 2. The standard InChI is InChI=1S/C42H48N2O11S2/c45-15-3-8-32-42-28(18-24(19-31(42)48)17-22-4-1-5-23(16-22)20-46)35(49)27-6-2-7-29(34(27)37(42)51)54-40-38(52)41(53,36(50)30(21-47)55-40)13-11-25-12-14-43-39-26(25)9-10-33(44-39)57-56-32/h1-2,4-7,12,16,18-19,28,30,32-33,36,38,40,43-48,50,52-53H,3,8-11,13-15,17,20-21H2/t28-,30-,32+,33+,36-,38+,40-,41+,42+/m1/s1. The molecule has 0 radical (unpaired) electrons. The number of Topliss-reactive ketones (excluding diaryl/α,β-unsaturated/α-hetero) is 2. The highest BCUT2D eigenvalue weighted by atomic mass is 33.1. The molecule has 2 aromatic carbocycles. The van der Waals surface area contributed by atoms with Gasteiger partial charge in [0.1, 0.15) is 46.7 Å². The Morgan fingerprint density at radius 3 is 2.58 bits per heavy atom. The maximum absolute atomic E-state index is 15.6. The van der Waals surface area contributed by atoms with Crippen LogP contribution < -0.4 is 15.4 Å². The van der Waals surface area contributed by atoms with Crippen LogP contribution in [0, 0.1) is 11.3 Å². The molecular formula is C42H48N2O11S2. The predicted molar refractivity (Wildman–Crippen MR) is 213 cm³/mol. The van der Waals surface area contributed by atoms with E-state index in [-0.39, 0.29) is 60.5 Å². The van der Waals surface area contributed by atoms with Crippen molar-refractivity contribution in [3.63, 3.8) is 0 Å². The first-order valence-corrected chi connectivity index (χ1v) is 21.7. The number of carbonyl (C=O) groups is 2. The van der Waals surface area contributed by atoms with Gasteiger partial charge in [0.15, 0.2) is 11.6 Å². The number of aliphatic hydroxyl groups excluding tert-OH is 6. The summed E-state index contributed by atoms with van der Waals surface area (Å²) in [5.74, 6) is -1.80. The Morgan fingerprint density at radius 2 is 1.79 bits per heavy atom. The van der Waals surface area contributed by atoms with E-state index in [1.807, 2.05) is 24.3 Å². The van der Waals surface area contributed by atoms with Crippen LogP contribution in [0.15, 0.2) is 89.0 Å². The van der Waals surface area contributed by atoms with Crippen molar-refractivity contribution in [3.8, 4) is 5.75 Å². The second-order valence-corrected chi connectivity index (χ2v) is 18.2. The zero-order valence-corrected chi connectivity index (χ0v) is 32.8. The Hall–Kier alpha value is -3.64. The summed E-state index contributed by atoms with van der Waals surface area (Å²) in [5, 5.41) is 83.8. The van der Waals surface area contributed by atoms with Crippen LogP contribution in [0.4, 0.5) is 0 Å². The molecular weight excluding hydrogens is 773 g/mol. The van der Waals surface area contributed by atoms with Crippen molar-refractivity contribution < 1.29 is 54.8 Å². The van der Waals surface area contributed by atoms with Gasteiger partial charge >= 0.3 is 0 Å². The van der Waals surface area contributed by atoms with Gasteiger partial charge in [0, 0.05) is 24.0 Å². The molecule has 5 heterocycles. The van der Waals surface area contributed by atoms with Gasteiger partial charge in [-0.25, -0.2) is 0 Å². The SMILES string of the molecule is O=C1c2cccc3c2C(=O)[C@@]2(C(O)=CC(Cc4cccc(CO)c4)=C[C@H]12)[C@H](CCCO)SS[C@H]1CCC2=C(NCC=C2CC[C@]2(O)[C@H](O)[C@@H](CO)O[C@@H](O3)[C@@H]2O)N1. The topological polar surface area (TPSA) is 218 Å². The highest BCUT2D eigenvalue weighted by Gasteiger charge is 2.62. The van der Waals surface area contributed by atoms with Crippen molar-refractivity contribution in [2.24, 2.45) is 11.3 Å². The van der Waals surface area contributed by atoms with Gasteiger partial charge in [-0.3, -0.25) is 9.59 Å². The molecule has 57 heavy (non-hydrogen) atoms. The van der Waals surface area contributed by atoms with Gasteiger partial charge in [-0.1, -0.05) is 70.1 Å². The molecule has 8 bridgehead atoms. The molecule has 2 aliphatic carbocycles. The number of aliphatic hydroxyl groups is 7. The van der Waals surface area contributed by atoms with E-state index in [0.29, 0.717) is 43.4 Å². The average molecular weight is 821 g/mol. The average Bonchev–Trinajstić information content (AvgIpc) is 3.22. The summed E-state index contributed by atoms with van der Waals surface area (Å²) in [6.07, 6.45) is 1.12. The predicted octanol–water partition coefficient (Wildman–Crippen LogP) is 3.10. The van der Waals surface area contributed by atoms with Crippen LogP contribution in [0.1, 0.15) is 70.4 Å². The van der Waals surface area contributed by atoms with Crippen LogP contribution in [0.3, 0.4) is 0 Å². The van der Waals surface area contributed by atoms with Gasteiger partial charge in [0.2, 0.25) is 6.29 Å². The smallest absolute Gasteiger partial charge is 0.229 e. The summed E-state index contributed by atoms with van der Waals surface area (Å²) in [7, 11) is 2.91. The fourth-order valence-electron chi connectivity index (χ4n) is 9.26. The molecule has 304 valence electrons. The molecule has 1 spiro atoms. The molecule has 0 unspecified atom stereocenters. The molecule has 15 heteroatoms. The van der Waals surface area contributed by atoms with E-state index in [0.717, 1.165) is 22.5 Å². The fourth-order valence-corrected chi connectivity index (χ4v) is 12.7. The van der Waals surface area contributed by atoms with E-state index in [1.54, 1.807) is 18.2 Å². The lowest BCUT2D eigenvalue weighted by molar-refractivity contribution is -0.315. The van der Waals surface area contributed by atoms with Gasteiger partial charge in [-0.05, 0) is 84.9 Å². The molecule has 1 fully saturated rings. The first kappa shape index (κ1) is 40.2. The first-order valence-electron chi connectivity index (χ1n) is 19.4. The minimum Gasteiger partial charge on any atom is -0.511 e. The molecule has 2 aromatic rings. The summed E-state index contributed by atoms with van der Waals surface area (Å²) >= 11 is 0. The molecule has 7 aliphatic rings. The maximum atomic E-state index is 15.6. The lowest BCUT2D eigenvalue weighted by atomic mass is 9.57. The van der Waals surface area contributed by atoms with E-state index in [9.17, 15) is 40.5 Å². The van der Waals surface area contributed by atoms with Gasteiger partial charge < -0.3 is 55.9 Å². The van der Waals surface area contributed by atoms with E-state index in [2.05, 4.69) is 10.6 Å². The zero-order valence-electron chi connectivity index (χ0n) is 31.2. The molecule has 9 N–H and O–H groups in total. The maximum Gasteiger partial charge on any atom is 0.229 e. The number of nitrogens with one attached hydrogen (secondary N) is 2. The molecule has 9 rings (SSSR count). The van der Waals surface area contributed by atoms with Crippen molar-refractivity contribution in [3.05, 3.63) is 111 Å². The Kier molecular flexibility index (Phi) is 11.4. The van der Waals surface area contributed by atoms with E-state index < -0.39 is 65.0 Å². The number of hydrogen-bond donors (Lipinski definition) is 9. The van der Waals surface area contributed by atoms with Crippen molar-refractivity contribution in [1.29, 1.82) is 0 Å². The number of rotatable bonds is 7. The molecule has 0 saturated carbocycles. The van der Waals surface area contributed by atoms with E-state index in [4.69, 9.17) is 9.47 Å². The van der Waals surface area contributed by atoms with E-state index >= 15 is 4.79 Å². The minimum absolute atomic E-state index is 0.0391. The third kappa shape index (κ3) is 6.94. The number of ketones is 2. The van der Waals surface area contributed by atoms with Gasteiger partial charge in [-0.15, -0.1) is 0 Å². The lowest BCUT2D eigenvalue weighted by Crippen LogP contribution is -2.68. The number of fused-ring (bicyclic) bond motifs is 4. The third-order valence-corrected chi connectivity index (χ3v) is 15.5. The quantitative estimate of drug-likeness (QED) is 0.184. The van der Waals surface area contributed by atoms with Crippen LogP contribution in [0.2, 0.25) is 0 Å². The minimum atomic E-state index is -2.20. The van der Waals surface area contributed by atoms with Gasteiger partial charge in [0.25, 0.3) is 0 Å². The monoisotopic (exact) mass is 820 g/mol. The number of allylic oxidation sites excluding steroid dienone is 6. The van der Waals surface area contributed by atoms with Crippen LogP contribution >= 0.6 is 21.6 Å². The largest absolute Gasteiger partial charge is 0.511 e. The second-order valence-electron chi connectivity index (χ2n) is 15.6. The number of dihydropyridines is 1. The second kappa shape index (κ2) is 16.2. The number of carbonyl (C=O) groups excluding carboxylic acids is 2. The third-order valence-electron chi connectivity index (χ3n) is 12.2. The zero-order chi connectivity index (χ0) is 40.1. The summed E-state index contributed by atoms with van der Waals surface area (Å²) in [4.78, 5) is 30.6. The molecule has 0 amide bonds. The summed E-state index contributed by atoms with van der Waals surface area (Å²) in [6.45, 7) is -0.545. The van der Waals surface area contributed by atoms with Crippen molar-refractivity contribution in [2.45, 2.75) is 92.4 Å². The number of ether oxygens (including phenoxy) is 2. The van der Waals surface area contributed by atoms with Crippen LogP contribution in [-0.2, 0) is 17.8 Å². The summed E-state index contributed by atoms with van der Waals surface area (Å²) in [5.41, 5.74) is -0.0174. The van der Waals surface area contributed by atoms with Crippen molar-refractivity contribution in [2.75, 3.05) is 19.8 Å². The van der Waals surface area contributed by atoms with Crippen LogP contribution in [0.25, 0.3) is 0 Å². The van der Waals surface area contributed by atoms with Gasteiger partial charge in [-0.2, -0.15) is 0 Å². The molecule has 13 nitrogen and oxygen atoms in total. The van der Waals surface area contributed by atoms with Crippen molar-refractivity contribution >= 4 is 33.2 Å². The fraction of sp³-hybridized carbons (Fsp3) is 0.476. The number of hydrogen-bond acceptors (Lipinski definition) is 15. The van der Waals surface area contributed by atoms with Gasteiger partial charge in [0.05, 0.1) is 30.1 Å². The van der Waals surface area contributed by atoms with Crippen molar-refractivity contribution in [1.82, 2.24) is 10.6 Å². The normalized spacial score (nSPS) is 33.7. The molecule has 0 aromatic heterocycles.